The van der Waals surface area contributed by atoms with Crippen molar-refractivity contribution < 1.29 is 4.79 Å². The lowest BCUT2D eigenvalue weighted by Gasteiger charge is -2.10. The third-order valence-electron chi connectivity index (χ3n) is 2.72. The number of aromatic nitrogens is 4. The molecular formula is C11H12N8O. The van der Waals surface area contributed by atoms with E-state index in [0.29, 0.717) is 22.5 Å². The van der Waals surface area contributed by atoms with E-state index in [-0.39, 0.29) is 11.9 Å². The summed E-state index contributed by atoms with van der Waals surface area (Å²) in [5, 5.41) is 7.16. The Bertz CT molecular complexity index is 716. The number of hydrogen-bond donors (Lipinski definition) is 4. The van der Waals surface area contributed by atoms with Crippen LogP contribution in [0.5, 0.6) is 0 Å². The van der Waals surface area contributed by atoms with Crippen LogP contribution in [0.2, 0.25) is 0 Å². The van der Waals surface area contributed by atoms with Crippen molar-refractivity contribution in [2.75, 3.05) is 11.2 Å². The first kappa shape index (κ1) is 12.1. The molecule has 9 nitrogen and oxygen atoms in total. The van der Waals surface area contributed by atoms with E-state index >= 15 is 0 Å². The molecule has 0 fully saturated rings. The Kier molecular flexibility index (Phi) is 2.99. The fourth-order valence-electron chi connectivity index (χ4n) is 1.79. The minimum Gasteiger partial charge on any atom is -0.368 e. The molecule has 0 radical (unpaired) electrons. The van der Waals surface area contributed by atoms with E-state index < -0.39 is 0 Å². The first-order valence-electron chi connectivity index (χ1n) is 5.99. The van der Waals surface area contributed by atoms with Crippen molar-refractivity contribution in [3.05, 3.63) is 18.0 Å². The maximum absolute atomic E-state index is 11.9. The Balaban J connectivity index is 1.77. The van der Waals surface area contributed by atoms with E-state index in [1.54, 1.807) is 18.5 Å². The fourth-order valence-corrected chi connectivity index (χ4v) is 1.79. The van der Waals surface area contributed by atoms with Gasteiger partial charge in [0.1, 0.15) is 5.70 Å². The van der Waals surface area contributed by atoms with Gasteiger partial charge < -0.3 is 5.73 Å². The minimum atomic E-state index is -0.338. The van der Waals surface area contributed by atoms with Crippen molar-refractivity contribution in [2.24, 2.45) is 4.99 Å². The summed E-state index contributed by atoms with van der Waals surface area (Å²) in [4.78, 5) is 23.9. The van der Waals surface area contributed by atoms with E-state index in [1.807, 2.05) is 0 Å². The molecule has 0 bridgehead atoms. The van der Waals surface area contributed by atoms with Gasteiger partial charge in [-0.2, -0.15) is 15.1 Å². The molecule has 0 saturated heterocycles. The second-order valence-electron chi connectivity index (χ2n) is 4.12. The molecule has 0 aliphatic carbocycles. The van der Waals surface area contributed by atoms with Crippen LogP contribution in [-0.4, -0.2) is 32.3 Å². The largest absolute Gasteiger partial charge is 0.368 e. The van der Waals surface area contributed by atoms with Gasteiger partial charge in [0.25, 0.3) is 5.91 Å². The summed E-state index contributed by atoms with van der Waals surface area (Å²) in [6.45, 7) is 0. The van der Waals surface area contributed by atoms with Gasteiger partial charge in [-0.1, -0.05) is 6.08 Å². The summed E-state index contributed by atoms with van der Waals surface area (Å²) in [6.07, 6.45) is 6.69. The highest BCUT2D eigenvalue weighted by Crippen LogP contribution is 2.17. The summed E-state index contributed by atoms with van der Waals surface area (Å²) in [6, 6.07) is 0. The highest BCUT2D eigenvalue weighted by atomic mass is 16.2. The Morgan fingerprint density at radius 2 is 2.25 bits per heavy atom. The van der Waals surface area contributed by atoms with E-state index in [4.69, 9.17) is 5.73 Å². The van der Waals surface area contributed by atoms with Crippen LogP contribution < -0.4 is 16.6 Å². The van der Waals surface area contributed by atoms with Crippen molar-refractivity contribution in [2.45, 2.75) is 12.8 Å². The molecule has 1 amide bonds. The third kappa shape index (κ3) is 2.28. The highest BCUT2D eigenvalue weighted by Gasteiger charge is 2.12. The van der Waals surface area contributed by atoms with Gasteiger partial charge >= 0.3 is 0 Å². The SMILES string of the molecule is Nc1nc(NNC(=O)C2=CCCC=N2)c2cn[nH]c2n1. The van der Waals surface area contributed by atoms with Gasteiger partial charge in [-0.3, -0.25) is 25.7 Å². The summed E-state index contributed by atoms with van der Waals surface area (Å²) < 4.78 is 0. The zero-order valence-corrected chi connectivity index (χ0v) is 10.4. The number of rotatable bonds is 3. The number of hydrazine groups is 1. The Morgan fingerprint density at radius 1 is 1.35 bits per heavy atom. The molecule has 3 heterocycles. The van der Waals surface area contributed by atoms with Crippen molar-refractivity contribution in [3.8, 4) is 0 Å². The minimum absolute atomic E-state index is 0.0772. The Hall–Kier alpha value is -2.97. The van der Waals surface area contributed by atoms with Crippen LogP contribution in [0.25, 0.3) is 11.0 Å². The molecule has 1 aliphatic heterocycles. The van der Waals surface area contributed by atoms with E-state index in [1.165, 1.54) is 0 Å². The molecule has 3 rings (SSSR count). The summed E-state index contributed by atoms with van der Waals surface area (Å²) >= 11 is 0. The van der Waals surface area contributed by atoms with Gasteiger partial charge in [0.2, 0.25) is 5.95 Å². The van der Waals surface area contributed by atoms with Crippen LogP contribution in [0, 0.1) is 0 Å². The third-order valence-corrected chi connectivity index (χ3v) is 2.72. The number of H-pyrrole nitrogens is 1. The molecule has 5 N–H and O–H groups in total. The lowest BCUT2D eigenvalue weighted by atomic mass is 10.2. The number of carbonyl (C=O) groups is 1. The quantitative estimate of drug-likeness (QED) is 0.586. The molecule has 20 heavy (non-hydrogen) atoms. The van der Waals surface area contributed by atoms with Gasteiger partial charge in [-0.25, -0.2) is 0 Å². The first-order chi connectivity index (χ1) is 9.74. The van der Waals surface area contributed by atoms with Crippen LogP contribution in [0.1, 0.15) is 12.8 Å². The molecule has 0 unspecified atom stereocenters. The normalized spacial score (nSPS) is 14.1. The zero-order chi connectivity index (χ0) is 13.9. The topological polar surface area (TPSA) is 134 Å². The van der Waals surface area contributed by atoms with Gasteiger partial charge in [-0.15, -0.1) is 0 Å². The average molecular weight is 272 g/mol. The number of carbonyl (C=O) groups excluding carboxylic acids is 1. The van der Waals surface area contributed by atoms with Crippen molar-refractivity contribution in [1.29, 1.82) is 0 Å². The molecule has 0 aromatic carbocycles. The van der Waals surface area contributed by atoms with Crippen molar-refractivity contribution in [3.63, 3.8) is 0 Å². The van der Waals surface area contributed by atoms with Crippen LogP contribution in [0.3, 0.4) is 0 Å². The number of allylic oxidation sites excluding steroid dienone is 1. The molecule has 2 aromatic heterocycles. The molecule has 1 aliphatic rings. The van der Waals surface area contributed by atoms with Gasteiger partial charge in [-0.05, 0) is 12.8 Å². The fraction of sp³-hybridized carbons (Fsp3) is 0.182. The second-order valence-corrected chi connectivity index (χ2v) is 4.12. The number of anilines is 2. The number of amides is 1. The van der Waals surface area contributed by atoms with E-state index in [9.17, 15) is 4.79 Å². The van der Waals surface area contributed by atoms with Crippen molar-refractivity contribution >= 4 is 34.9 Å². The molecule has 2 aromatic rings. The van der Waals surface area contributed by atoms with Gasteiger partial charge in [0.05, 0.1) is 11.6 Å². The van der Waals surface area contributed by atoms with Crippen molar-refractivity contribution in [1.82, 2.24) is 25.6 Å². The first-order valence-corrected chi connectivity index (χ1v) is 5.99. The van der Waals surface area contributed by atoms with Crippen LogP contribution in [0.4, 0.5) is 11.8 Å². The number of aromatic amines is 1. The summed E-state index contributed by atoms with van der Waals surface area (Å²) in [5.41, 5.74) is 11.7. The second kappa shape index (κ2) is 4.96. The van der Waals surface area contributed by atoms with E-state index in [2.05, 4.69) is 36.0 Å². The Morgan fingerprint density at radius 3 is 3.05 bits per heavy atom. The highest BCUT2D eigenvalue weighted by molar-refractivity contribution is 5.96. The van der Waals surface area contributed by atoms with Gasteiger partial charge in [0.15, 0.2) is 11.5 Å². The lowest BCUT2D eigenvalue weighted by Crippen LogP contribution is -2.31. The number of nitrogen functional groups attached to an aromatic ring is 1. The number of nitrogens with zero attached hydrogens (tertiary/aromatic N) is 4. The molecule has 102 valence electrons. The van der Waals surface area contributed by atoms with Crippen LogP contribution in [0.15, 0.2) is 23.0 Å². The predicted molar refractivity (Wildman–Crippen MR) is 73.7 cm³/mol. The molecule has 0 saturated carbocycles. The maximum atomic E-state index is 11.9. The molecule has 9 heteroatoms. The number of fused-ring (bicyclic) bond motifs is 1. The lowest BCUT2D eigenvalue weighted by molar-refractivity contribution is -0.117. The Labute approximate surface area is 113 Å². The van der Waals surface area contributed by atoms with Crippen LogP contribution >= 0.6 is 0 Å². The maximum Gasteiger partial charge on any atom is 0.287 e. The summed E-state index contributed by atoms with van der Waals surface area (Å²) in [5.74, 6) is 0.109. The number of nitrogens with two attached hydrogens (primary N) is 1. The summed E-state index contributed by atoms with van der Waals surface area (Å²) in [7, 11) is 0. The number of nitrogens with one attached hydrogen (secondary N) is 3. The molecule has 0 spiro atoms. The number of aliphatic imine (C=N–C) groups is 1. The molecule has 0 atom stereocenters. The monoisotopic (exact) mass is 272 g/mol. The van der Waals surface area contributed by atoms with E-state index in [0.717, 1.165) is 12.8 Å². The smallest absolute Gasteiger partial charge is 0.287 e. The molecular weight excluding hydrogens is 260 g/mol. The predicted octanol–water partition coefficient (Wildman–Crippen LogP) is 0.127. The zero-order valence-electron chi connectivity index (χ0n) is 10.4. The van der Waals surface area contributed by atoms with Gasteiger partial charge in [0, 0.05) is 6.21 Å². The van der Waals surface area contributed by atoms with Crippen LogP contribution in [-0.2, 0) is 4.79 Å². The average Bonchev–Trinajstić information content (AvgIpc) is 2.93. The standard InChI is InChI=1S/C11H12N8O/c12-11-15-8-6(5-14-17-8)9(16-11)18-19-10(20)7-3-1-2-4-13-7/h3-5H,1-2H2,(H,19,20)(H4,12,14,15,16,17,18). The number of hydrogen-bond acceptors (Lipinski definition) is 7.